The van der Waals surface area contributed by atoms with Gasteiger partial charge in [-0.25, -0.2) is 9.78 Å². The van der Waals surface area contributed by atoms with Crippen molar-refractivity contribution in [3.8, 4) is 5.75 Å². The van der Waals surface area contributed by atoms with Gasteiger partial charge in [-0.05, 0) is 31.2 Å². The van der Waals surface area contributed by atoms with Crippen LogP contribution in [0.3, 0.4) is 0 Å². The normalized spacial score (nSPS) is 10.7. The Morgan fingerprint density at radius 1 is 1.17 bits per heavy atom. The van der Waals surface area contributed by atoms with E-state index < -0.39 is 18.5 Å². The maximum absolute atomic E-state index is 12.2. The molecule has 7 nitrogen and oxygen atoms in total. The zero-order valence-electron chi connectivity index (χ0n) is 16.3. The van der Waals surface area contributed by atoms with Crippen LogP contribution in [0.15, 0.2) is 42.5 Å². The number of amides is 2. The Bertz CT molecular complexity index is 1120. The minimum absolute atomic E-state index is 0.0603. The Hall–Kier alpha value is -3.03. The van der Waals surface area contributed by atoms with Gasteiger partial charge < -0.3 is 15.2 Å². The molecule has 0 spiro atoms. The smallest absolute Gasteiger partial charge is 0.323 e. The fourth-order valence-electron chi connectivity index (χ4n) is 2.84. The molecule has 156 valence electrons. The summed E-state index contributed by atoms with van der Waals surface area (Å²) in [5.41, 5.74) is 2.46. The number of hydrogen-bond acceptors (Lipinski definition) is 4. The lowest BCUT2D eigenvalue weighted by Gasteiger charge is -2.21. The summed E-state index contributed by atoms with van der Waals surface area (Å²) in [5, 5.41) is 12.6. The van der Waals surface area contributed by atoms with Crippen LogP contribution in [0.4, 0.5) is 10.5 Å². The number of aryl methyl sites for hydroxylation is 1. The number of halogens is 2. The third-order valence-corrected chi connectivity index (χ3v) is 5.19. The molecule has 1 aromatic heterocycles. The zero-order valence-corrected chi connectivity index (χ0v) is 17.8. The van der Waals surface area contributed by atoms with Crippen LogP contribution in [-0.2, 0) is 11.4 Å². The molecular weight excluding hydrogens is 429 g/mol. The monoisotopic (exact) mass is 447 g/mol. The van der Waals surface area contributed by atoms with Crippen molar-refractivity contribution in [1.82, 2.24) is 10.3 Å². The lowest BCUT2D eigenvalue weighted by Crippen LogP contribution is -2.40. The minimum atomic E-state index is -1.15. The molecule has 2 amide bonds. The van der Waals surface area contributed by atoms with Crippen molar-refractivity contribution < 1.29 is 19.4 Å². The molecule has 3 rings (SSSR count). The van der Waals surface area contributed by atoms with Gasteiger partial charge in [0, 0.05) is 28.7 Å². The van der Waals surface area contributed by atoms with E-state index in [1.54, 1.807) is 12.1 Å². The number of aromatic nitrogens is 1. The van der Waals surface area contributed by atoms with Gasteiger partial charge in [-0.1, -0.05) is 41.4 Å². The number of carboxylic acid groups (broad SMARTS) is 1. The second-order valence-corrected chi connectivity index (χ2v) is 7.32. The molecule has 9 heteroatoms. The van der Waals surface area contributed by atoms with Gasteiger partial charge in [-0.3, -0.25) is 9.69 Å². The summed E-state index contributed by atoms with van der Waals surface area (Å²) >= 11 is 12.8. The number of carbonyl (C=O) groups is 2. The lowest BCUT2D eigenvalue weighted by molar-refractivity contribution is -0.135. The van der Waals surface area contributed by atoms with Gasteiger partial charge in [0.1, 0.15) is 24.4 Å². The largest absolute Gasteiger partial charge is 0.487 e. The first-order valence-corrected chi connectivity index (χ1v) is 9.73. The number of carbonyl (C=O) groups excluding carboxylic acids is 1. The summed E-state index contributed by atoms with van der Waals surface area (Å²) < 4.78 is 5.97. The average molecular weight is 448 g/mol. The lowest BCUT2D eigenvalue weighted by atomic mass is 10.1. The summed E-state index contributed by atoms with van der Waals surface area (Å²) in [4.78, 5) is 28.6. The predicted molar refractivity (Wildman–Crippen MR) is 117 cm³/mol. The van der Waals surface area contributed by atoms with E-state index in [1.807, 2.05) is 37.3 Å². The number of fused-ring (bicyclic) bond motifs is 1. The van der Waals surface area contributed by atoms with Crippen LogP contribution in [0.2, 0.25) is 10.0 Å². The standard InChI is InChI=1S/C21H19Cl2N3O4/c1-12-6-7-13-4-3-5-17(20(13)25-12)30-11-14-15(22)8-9-16(19(14)23)26(2)21(29)24-10-18(27)28/h3-9H,10-11H2,1-2H3,(H,24,29)(H,27,28). The number of nitrogens with one attached hydrogen (secondary N) is 1. The van der Waals surface area contributed by atoms with Crippen molar-refractivity contribution in [3.05, 3.63) is 63.8 Å². The molecule has 0 aliphatic carbocycles. The number of nitrogens with zero attached hydrogens (tertiary/aromatic N) is 2. The van der Waals surface area contributed by atoms with Crippen molar-refractivity contribution in [3.63, 3.8) is 0 Å². The summed E-state index contributed by atoms with van der Waals surface area (Å²) in [5.74, 6) is -0.562. The van der Waals surface area contributed by atoms with Gasteiger partial charge in [0.15, 0.2) is 0 Å². The first-order valence-electron chi connectivity index (χ1n) is 8.97. The average Bonchev–Trinajstić information content (AvgIpc) is 2.71. The highest BCUT2D eigenvalue weighted by molar-refractivity contribution is 6.38. The number of urea groups is 1. The third-order valence-electron chi connectivity index (χ3n) is 4.42. The van der Waals surface area contributed by atoms with Crippen LogP contribution < -0.4 is 15.0 Å². The highest BCUT2D eigenvalue weighted by Gasteiger charge is 2.19. The maximum atomic E-state index is 12.2. The minimum Gasteiger partial charge on any atom is -0.487 e. The SMILES string of the molecule is Cc1ccc2cccc(OCc3c(Cl)ccc(N(C)C(=O)NCC(=O)O)c3Cl)c2n1. The molecule has 0 fully saturated rings. The Labute approximate surface area is 183 Å². The molecule has 0 radical (unpaired) electrons. The quantitative estimate of drug-likeness (QED) is 0.573. The number of benzene rings is 2. The Kier molecular flexibility index (Phi) is 6.64. The van der Waals surface area contributed by atoms with Gasteiger partial charge in [-0.2, -0.15) is 0 Å². The number of pyridine rings is 1. The number of hydrogen-bond donors (Lipinski definition) is 2. The molecule has 2 N–H and O–H groups in total. The fourth-order valence-corrected chi connectivity index (χ4v) is 3.45. The van der Waals surface area contributed by atoms with E-state index in [1.165, 1.54) is 11.9 Å². The van der Waals surface area contributed by atoms with E-state index in [0.29, 0.717) is 22.0 Å². The van der Waals surface area contributed by atoms with Crippen molar-refractivity contribution in [2.45, 2.75) is 13.5 Å². The summed E-state index contributed by atoms with van der Waals surface area (Å²) in [6, 6.07) is 12.1. The second-order valence-electron chi connectivity index (χ2n) is 6.54. The number of rotatable bonds is 6. The number of para-hydroxylation sites is 1. The summed E-state index contributed by atoms with van der Waals surface area (Å²) in [6.45, 7) is 1.46. The van der Waals surface area contributed by atoms with Crippen LogP contribution in [0.5, 0.6) is 5.75 Å². The summed E-state index contributed by atoms with van der Waals surface area (Å²) in [7, 11) is 1.48. The first kappa shape index (κ1) is 21.7. The fraction of sp³-hybridized carbons (Fsp3) is 0.190. The Morgan fingerprint density at radius 2 is 1.93 bits per heavy atom. The number of aliphatic carboxylic acids is 1. The number of anilines is 1. The molecule has 0 aliphatic heterocycles. The number of ether oxygens (including phenoxy) is 1. The predicted octanol–water partition coefficient (Wildman–Crippen LogP) is 4.66. The van der Waals surface area contributed by atoms with E-state index in [4.69, 9.17) is 33.0 Å². The molecule has 0 unspecified atom stereocenters. The molecular formula is C21H19Cl2N3O4. The molecule has 3 aromatic rings. The molecule has 0 saturated heterocycles. The van der Waals surface area contributed by atoms with Crippen LogP contribution >= 0.6 is 23.2 Å². The van der Waals surface area contributed by atoms with Crippen LogP contribution in [-0.4, -0.2) is 35.7 Å². The van der Waals surface area contributed by atoms with Gasteiger partial charge in [0.25, 0.3) is 0 Å². The molecule has 2 aromatic carbocycles. The van der Waals surface area contributed by atoms with E-state index in [2.05, 4.69) is 10.3 Å². The van der Waals surface area contributed by atoms with E-state index in [-0.39, 0.29) is 11.6 Å². The molecule has 1 heterocycles. The van der Waals surface area contributed by atoms with Crippen molar-refractivity contribution >= 4 is 51.8 Å². The molecule has 0 bridgehead atoms. The van der Waals surface area contributed by atoms with Crippen LogP contribution in [0.25, 0.3) is 10.9 Å². The number of carboxylic acids is 1. The van der Waals surface area contributed by atoms with Gasteiger partial charge >= 0.3 is 12.0 Å². The third kappa shape index (κ3) is 4.75. The van der Waals surface area contributed by atoms with Crippen LogP contribution in [0, 0.1) is 6.92 Å². The zero-order chi connectivity index (χ0) is 21.8. The molecule has 30 heavy (non-hydrogen) atoms. The van der Waals surface area contributed by atoms with E-state index in [0.717, 1.165) is 16.6 Å². The van der Waals surface area contributed by atoms with Gasteiger partial charge in [0.05, 0.1) is 10.7 Å². The van der Waals surface area contributed by atoms with Crippen LogP contribution in [0.1, 0.15) is 11.3 Å². The Balaban J connectivity index is 1.85. The highest BCUT2D eigenvalue weighted by Crippen LogP contribution is 2.35. The topological polar surface area (TPSA) is 91.8 Å². The van der Waals surface area contributed by atoms with Gasteiger partial charge in [-0.15, -0.1) is 0 Å². The van der Waals surface area contributed by atoms with Gasteiger partial charge in [0.2, 0.25) is 0 Å². The van der Waals surface area contributed by atoms with E-state index >= 15 is 0 Å². The van der Waals surface area contributed by atoms with E-state index in [9.17, 15) is 9.59 Å². The van der Waals surface area contributed by atoms with Crippen molar-refractivity contribution in [2.75, 3.05) is 18.5 Å². The van der Waals surface area contributed by atoms with Crippen molar-refractivity contribution in [1.29, 1.82) is 0 Å². The molecule has 0 aliphatic rings. The summed E-state index contributed by atoms with van der Waals surface area (Å²) in [6.07, 6.45) is 0. The molecule has 0 saturated carbocycles. The van der Waals surface area contributed by atoms with Crippen molar-refractivity contribution in [2.24, 2.45) is 0 Å². The first-order chi connectivity index (χ1) is 14.3. The Morgan fingerprint density at radius 3 is 2.67 bits per heavy atom. The second kappa shape index (κ2) is 9.19. The highest BCUT2D eigenvalue weighted by atomic mass is 35.5. The molecule has 0 atom stereocenters. The maximum Gasteiger partial charge on any atom is 0.323 e.